The van der Waals surface area contributed by atoms with E-state index in [2.05, 4.69) is 166 Å². The van der Waals surface area contributed by atoms with Crippen LogP contribution in [0.15, 0.2) is 176 Å². The van der Waals surface area contributed by atoms with Crippen LogP contribution in [-0.4, -0.2) is 12.6 Å². The van der Waals surface area contributed by atoms with Gasteiger partial charge in [-0.15, -0.1) is 0 Å². The van der Waals surface area contributed by atoms with Crippen LogP contribution in [0.5, 0.6) is 0 Å². The number of rotatable bonds is 6. The smallest absolute Gasteiger partial charge is 0.184 e. The molecular weight excluding hydrogens is 599 g/mol. The summed E-state index contributed by atoms with van der Waals surface area (Å²) in [6.45, 7) is 16.6. The normalized spacial score (nSPS) is 11.3. The molecule has 0 spiro atoms. The Labute approximate surface area is 281 Å². The number of benzene rings is 7. The molecule has 48 heavy (non-hydrogen) atoms. The van der Waals surface area contributed by atoms with Crippen molar-refractivity contribution in [3.63, 3.8) is 0 Å². The lowest BCUT2D eigenvalue weighted by molar-refractivity contribution is 1.18. The summed E-state index contributed by atoms with van der Waals surface area (Å²) in [7, 11) is -3.00. The maximum Gasteiger partial charge on any atom is 0.184 e. The van der Waals surface area contributed by atoms with Crippen molar-refractivity contribution in [3.05, 3.63) is 199 Å². The zero-order valence-electron chi connectivity index (χ0n) is 26.1. The standard InChI is InChI=1S/C44H29N3Si/c1-45-40-31-41(46-2)44(48(34-16-6-3-7-17-34,35-18-8-4-9-19-35)36-20-10-5-11-21-36)30-39(40)32-26-28-33(29-27-32)47-42-24-14-12-22-37(42)38-23-13-15-25-43(38)47/h3-31H. The maximum absolute atomic E-state index is 8.38. The molecule has 3 nitrogen and oxygen atoms in total. The van der Waals surface area contributed by atoms with E-state index >= 15 is 0 Å². The van der Waals surface area contributed by atoms with E-state index < -0.39 is 8.07 Å². The van der Waals surface area contributed by atoms with E-state index in [1.54, 1.807) is 0 Å². The van der Waals surface area contributed by atoms with E-state index in [0.29, 0.717) is 11.4 Å². The number of hydrogen-bond acceptors (Lipinski definition) is 0. The van der Waals surface area contributed by atoms with Gasteiger partial charge in [0.1, 0.15) is 0 Å². The van der Waals surface area contributed by atoms with Gasteiger partial charge in [-0.05, 0) is 56.1 Å². The summed E-state index contributed by atoms with van der Waals surface area (Å²) in [5.41, 5.74) is 6.14. The molecule has 0 radical (unpaired) electrons. The molecule has 0 fully saturated rings. The van der Waals surface area contributed by atoms with Gasteiger partial charge in [0.05, 0.1) is 24.2 Å². The molecule has 1 heterocycles. The highest BCUT2D eigenvalue weighted by Gasteiger charge is 2.43. The highest BCUT2D eigenvalue weighted by molar-refractivity contribution is 7.20. The fourth-order valence-corrected chi connectivity index (χ4v) is 12.2. The number of para-hydroxylation sites is 2. The predicted molar refractivity (Wildman–Crippen MR) is 202 cm³/mol. The lowest BCUT2D eigenvalue weighted by Gasteiger charge is -2.36. The summed E-state index contributed by atoms with van der Waals surface area (Å²) in [5, 5.41) is 6.99. The highest BCUT2D eigenvalue weighted by atomic mass is 28.3. The molecule has 0 unspecified atom stereocenters. The van der Waals surface area contributed by atoms with Gasteiger partial charge in [-0.3, -0.25) is 0 Å². The van der Waals surface area contributed by atoms with Gasteiger partial charge in [0.15, 0.2) is 19.4 Å². The molecule has 7 aromatic carbocycles. The van der Waals surface area contributed by atoms with Gasteiger partial charge < -0.3 is 4.57 Å². The average molecular weight is 628 g/mol. The van der Waals surface area contributed by atoms with Crippen molar-refractivity contribution in [1.29, 1.82) is 0 Å². The predicted octanol–water partition coefficient (Wildman–Crippen LogP) is 8.93. The average Bonchev–Trinajstić information content (AvgIpc) is 3.51. The van der Waals surface area contributed by atoms with Gasteiger partial charge in [0.25, 0.3) is 0 Å². The molecule has 0 aliphatic carbocycles. The van der Waals surface area contributed by atoms with E-state index in [4.69, 9.17) is 13.1 Å². The number of fused-ring (bicyclic) bond motifs is 3. The summed E-state index contributed by atoms with van der Waals surface area (Å²) in [4.78, 5) is 8.07. The number of aromatic nitrogens is 1. The minimum Gasteiger partial charge on any atom is -0.309 e. The third-order valence-corrected chi connectivity index (χ3v) is 14.2. The lowest BCUT2D eigenvalue weighted by Crippen LogP contribution is -2.74. The quantitative estimate of drug-likeness (QED) is 0.0993. The fraction of sp³-hybridized carbons (Fsp3) is 0. The summed E-state index contributed by atoms with van der Waals surface area (Å²) in [6.07, 6.45) is 0. The molecule has 0 N–H and O–H groups in total. The first-order valence-electron chi connectivity index (χ1n) is 15.9. The molecule has 0 aliphatic heterocycles. The molecule has 0 saturated carbocycles. The van der Waals surface area contributed by atoms with Crippen molar-refractivity contribution in [2.75, 3.05) is 0 Å². The van der Waals surface area contributed by atoms with E-state index in [-0.39, 0.29) is 0 Å². The Balaban J connectivity index is 1.38. The Morgan fingerprint density at radius 1 is 0.438 bits per heavy atom. The minimum atomic E-state index is -3.00. The molecule has 224 valence electrons. The van der Waals surface area contributed by atoms with Crippen LogP contribution in [0.25, 0.3) is 48.3 Å². The summed E-state index contributed by atoms with van der Waals surface area (Å²) in [6, 6.07) is 61.3. The monoisotopic (exact) mass is 627 g/mol. The molecule has 8 aromatic rings. The van der Waals surface area contributed by atoms with Crippen molar-refractivity contribution in [2.45, 2.75) is 0 Å². The van der Waals surface area contributed by atoms with E-state index in [9.17, 15) is 0 Å². The van der Waals surface area contributed by atoms with Crippen molar-refractivity contribution in [3.8, 4) is 16.8 Å². The molecule has 0 bridgehead atoms. The largest absolute Gasteiger partial charge is 0.309 e. The molecular formula is C44H29N3Si. The van der Waals surface area contributed by atoms with Gasteiger partial charge in [0.2, 0.25) is 0 Å². The highest BCUT2D eigenvalue weighted by Crippen LogP contribution is 2.36. The SMILES string of the molecule is [C-]#[N+]c1cc([N+]#[C-])c([Si](c2ccccc2)(c2ccccc2)c2ccccc2)cc1-c1ccc(-n2c3ccccc3c3ccccc32)cc1. The number of hydrogen-bond donors (Lipinski definition) is 0. The molecule has 1 aromatic heterocycles. The first kappa shape index (κ1) is 29.0. The molecule has 0 saturated heterocycles. The summed E-state index contributed by atoms with van der Waals surface area (Å²) in [5.74, 6) is 0. The second-order valence-electron chi connectivity index (χ2n) is 11.9. The van der Waals surface area contributed by atoms with Crippen molar-refractivity contribution >= 4 is 62.0 Å². The van der Waals surface area contributed by atoms with Crippen LogP contribution in [0.4, 0.5) is 11.4 Å². The van der Waals surface area contributed by atoms with Gasteiger partial charge in [-0.1, -0.05) is 152 Å². The Morgan fingerprint density at radius 2 is 0.875 bits per heavy atom. The summed E-state index contributed by atoms with van der Waals surface area (Å²) < 4.78 is 2.30. The number of nitrogens with zero attached hydrogens (tertiary/aromatic N) is 3. The minimum absolute atomic E-state index is 0.478. The molecule has 8 rings (SSSR count). The van der Waals surface area contributed by atoms with Crippen LogP contribution in [-0.2, 0) is 0 Å². The first-order chi connectivity index (χ1) is 23.7. The Kier molecular flexibility index (Phi) is 7.27. The van der Waals surface area contributed by atoms with Crippen LogP contribution >= 0.6 is 0 Å². The van der Waals surface area contributed by atoms with Crippen LogP contribution in [0.3, 0.4) is 0 Å². The summed E-state index contributed by atoms with van der Waals surface area (Å²) >= 11 is 0. The van der Waals surface area contributed by atoms with Crippen LogP contribution in [0.1, 0.15) is 0 Å². The molecule has 0 aliphatic rings. The maximum atomic E-state index is 8.38. The molecule has 0 amide bonds. The van der Waals surface area contributed by atoms with E-state index in [0.717, 1.165) is 33.0 Å². The second kappa shape index (κ2) is 12.0. The van der Waals surface area contributed by atoms with E-state index in [1.807, 2.05) is 24.3 Å². The van der Waals surface area contributed by atoms with Gasteiger partial charge in [0, 0.05) is 16.5 Å². The zero-order chi connectivity index (χ0) is 32.5. The third-order valence-electron chi connectivity index (χ3n) is 9.40. The van der Waals surface area contributed by atoms with E-state index in [1.165, 1.54) is 26.3 Å². The molecule has 4 heteroatoms. The zero-order valence-corrected chi connectivity index (χ0v) is 27.1. The Bertz CT molecular complexity index is 2350. The molecule has 0 atom stereocenters. The van der Waals surface area contributed by atoms with Crippen LogP contribution in [0, 0.1) is 13.1 Å². The van der Waals surface area contributed by atoms with Gasteiger partial charge >= 0.3 is 0 Å². The van der Waals surface area contributed by atoms with Gasteiger partial charge in [-0.25, -0.2) is 9.69 Å². The van der Waals surface area contributed by atoms with Crippen molar-refractivity contribution in [1.82, 2.24) is 4.57 Å². The van der Waals surface area contributed by atoms with Crippen molar-refractivity contribution in [2.24, 2.45) is 0 Å². The fourth-order valence-electron chi connectivity index (χ4n) is 7.32. The Morgan fingerprint density at radius 3 is 1.33 bits per heavy atom. The van der Waals surface area contributed by atoms with Crippen molar-refractivity contribution < 1.29 is 0 Å². The topological polar surface area (TPSA) is 13.7 Å². The van der Waals surface area contributed by atoms with Crippen LogP contribution < -0.4 is 20.7 Å². The Hall–Kier alpha value is -6.46. The third kappa shape index (κ3) is 4.55. The first-order valence-corrected chi connectivity index (χ1v) is 17.9. The van der Waals surface area contributed by atoms with Crippen LogP contribution in [0.2, 0.25) is 0 Å². The second-order valence-corrected chi connectivity index (χ2v) is 15.6. The van der Waals surface area contributed by atoms with Gasteiger partial charge in [-0.2, -0.15) is 0 Å². The lowest BCUT2D eigenvalue weighted by atomic mass is 10.0.